The Kier molecular flexibility index (Phi) is 6.01. The van der Waals surface area contributed by atoms with E-state index in [2.05, 4.69) is 0 Å². The minimum Gasteiger partial charge on any atom is -0.353 e. The van der Waals surface area contributed by atoms with Crippen LogP contribution in [0, 0.1) is 0 Å². The van der Waals surface area contributed by atoms with Gasteiger partial charge in [0, 0.05) is 11.6 Å². The van der Waals surface area contributed by atoms with Crippen molar-refractivity contribution >= 4 is 21.7 Å². The summed E-state index contributed by atoms with van der Waals surface area (Å²) in [6.45, 7) is 0.554. The molecule has 1 aromatic carbocycles. The molecule has 0 radical (unpaired) electrons. The molecule has 0 spiro atoms. The van der Waals surface area contributed by atoms with Crippen molar-refractivity contribution in [2.75, 3.05) is 19.5 Å². The first kappa shape index (κ1) is 16.7. The number of ether oxygens (including phenoxy) is 2. The highest BCUT2D eigenvalue weighted by Gasteiger charge is 2.23. The Hall–Kier alpha value is -0.660. The topological polar surface area (TPSA) is 61.8 Å². The first-order valence-electron chi connectivity index (χ1n) is 6.81. The van der Waals surface area contributed by atoms with E-state index in [0.717, 1.165) is 31.1 Å². The maximum absolute atomic E-state index is 11.2. The standard InChI is InChI=1S/C14H19ClO5S/c1-21(16,17)19-10-13(11-5-4-6-12(15)9-11)20-14-7-2-3-8-18-14/h4-6,9,13-14H,2-3,7-8,10H2,1H3/t13-,14?/m1/s1. The quantitative estimate of drug-likeness (QED) is 0.748. The molecule has 21 heavy (non-hydrogen) atoms. The molecular weight excluding hydrogens is 316 g/mol. The van der Waals surface area contributed by atoms with Gasteiger partial charge in [-0.2, -0.15) is 8.42 Å². The van der Waals surface area contributed by atoms with Gasteiger partial charge in [-0.15, -0.1) is 0 Å². The van der Waals surface area contributed by atoms with Crippen molar-refractivity contribution in [1.29, 1.82) is 0 Å². The molecule has 2 rings (SSSR count). The Bertz CT molecular complexity index is 554. The molecule has 0 saturated carbocycles. The van der Waals surface area contributed by atoms with Gasteiger partial charge in [0.15, 0.2) is 6.29 Å². The van der Waals surface area contributed by atoms with Crippen molar-refractivity contribution in [3.8, 4) is 0 Å². The predicted molar refractivity (Wildman–Crippen MR) is 79.7 cm³/mol. The van der Waals surface area contributed by atoms with E-state index in [4.69, 9.17) is 25.3 Å². The van der Waals surface area contributed by atoms with Gasteiger partial charge in [-0.25, -0.2) is 0 Å². The Morgan fingerprint density at radius 3 is 2.86 bits per heavy atom. The molecule has 0 N–H and O–H groups in total. The zero-order valence-electron chi connectivity index (χ0n) is 11.8. The van der Waals surface area contributed by atoms with Crippen molar-refractivity contribution in [2.45, 2.75) is 31.7 Å². The highest BCUT2D eigenvalue weighted by atomic mass is 35.5. The molecule has 0 aromatic heterocycles. The molecule has 118 valence electrons. The lowest BCUT2D eigenvalue weighted by Gasteiger charge is -2.27. The van der Waals surface area contributed by atoms with Crippen molar-refractivity contribution in [3.05, 3.63) is 34.9 Å². The maximum atomic E-state index is 11.2. The van der Waals surface area contributed by atoms with Crippen LogP contribution in [0.15, 0.2) is 24.3 Å². The Balaban J connectivity index is 2.09. The zero-order valence-corrected chi connectivity index (χ0v) is 13.4. The second kappa shape index (κ2) is 7.56. The van der Waals surface area contributed by atoms with Gasteiger partial charge in [0.2, 0.25) is 0 Å². The summed E-state index contributed by atoms with van der Waals surface area (Å²) in [4.78, 5) is 0. The van der Waals surface area contributed by atoms with Crippen LogP contribution in [0.3, 0.4) is 0 Å². The summed E-state index contributed by atoms with van der Waals surface area (Å²) in [5, 5.41) is 0.560. The molecule has 0 bridgehead atoms. The molecule has 1 saturated heterocycles. The van der Waals surface area contributed by atoms with Gasteiger partial charge in [0.25, 0.3) is 10.1 Å². The lowest BCUT2D eigenvalue weighted by atomic mass is 10.1. The van der Waals surface area contributed by atoms with Gasteiger partial charge in [0.05, 0.1) is 12.9 Å². The molecule has 1 heterocycles. The molecule has 1 fully saturated rings. The van der Waals surface area contributed by atoms with Gasteiger partial charge in [0.1, 0.15) is 6.10 Å². The van der Waals surface area contributed by atoms with Crippen molar-refractivity contribution in [3.63, 3.8) is 0 Å². The van der Waals surface area contributed by atoms with Crippen LogP contribution in [0.4, 0.5) is 0 Å². The van der Waals surface area contributed by atoms with Crippen LogP contribution >= 0.6 is 11.6 Å². The van der Waals surface area contributed by atoms with E-state index >= 15 is 0 Å². The zero-order chi connectivity index (χ0) is 15.3. The fourth-order valence-electron chi connectivity index (χ4n) is 2.11. The predicted octanol–water partition coefficient (Wildman–Crippen LogP) is 2.90. The molecule has 1 aromatic rings. The van der Waals surface area contributed by atoms with Crippen LogP contribution in [0.1, 0.15) is 30.9 Å². The van der Waals surface area contributed by atoms with Crippen LogP contribution in [0.2, 0.25) is 5.02 Å². The monoisotopic (exact) mass is 334 g/mol. The summed E-state index contributed by atoms with van der Waals surface area (Å²) in [5.41, 5.74) is 0.764. The average molecular weight is 335 g/mol. The fourth-order valence-corrected chi connectivity index (χ4v) is 2.68. The second-order valence-corrected chi connectivity index (χ2v) is 7.04. The number of rotatable bonds is 6. The first-order valence-corrected chi connectivity index (χ1v) is 9.00. The molecule has 2 atom stereocenters. The minimum atomic E-state index is -3.53. The average Bonchev–Trinajstić information content (AvgIpc) is 2.43. The van der Waals surface area contributed by atoms with Gasteiger partial charge >= 0.3 is 0 Å². The lowest BCUT2D eigenvalue weighted by Crippen LogP contribution is -2.27. The number of hydrogen-bond donors (Lipinski definition) is 0. The molecule has 1 unspecified atom stereocenters. The third-order valence-corrected chi connectivity index (χ3v) is 3.91. The molecule has 1 aliphatic rings. The normalized spacial score (nSPS) is 21.1. The highest BCUT2D eigenvalue weighted by Crippen LogP contribution is 2.26. The summed E-state index contributed by atoms with van der Waals surface area (Å²) < 4.78 is 38.6. The second-order valence-electron chi connectivity index (χ2n) is 4.96. The number of hydrogen-bond acceptors (Lipinski definition) is 5. The van der Waals surface area contributed by atoms with E-state index in [0.29, 0.717) is 11.6 Å². The molecular formula is C14H19ClO5S. The Morgan fingerprint density at radius 2 is 2.24 bits per heavy atom. The number of halogens is 1. The third kappa shape index (κ3) is 5.92. The van der Waals surface area contributed by atoms with Gasteiger partial charge in [-0.05, 0) is 37.0 Å². The van der Waals surface area contributed by atoms with E-state index in [-0.39, 0.29) is 12.9 Å². The van der Waals surface area contributed by atoms with Crippen molar-refractivity contribution < 1.29 is 22.1 Å². The molecule has 0 aliphatic carbocycles. The van der Waals surface area contributed by atoms with Gasteiger partial charge < -0.3 is 9.47 Å². The maximum Gasteiger partial charge on any atom is 0.264 e. The van der Waals surface area contributed by atoms with Crippen molar-refractivity contribution in [2.24, 2.45) is 0 Å². The van der Waals surface area contributed by atoms with E-state index in [1.807, 2.05) is 6.07 Å². The first-order chi connectivity index (χ1) is 9.94. The molecule has 5 nitrogen and oxygen atoms in total. The lowest BCUT2D eigenvalue weighted by molar-refractivity contribution is -0.195. The highest BCUT2D eigenvalue weighted by molar-refractivity contribution is 7.85. The minimum absolute atomic E-state index is 0.0982. The van der Waals surface area contributed by atoms with Gasteiger partial charge in [-0.1, -0.05) is 23.7 Å². The number of benzene rings is 1. The summed E-state index contributed by atoms with van der Waals surface area (Å²) in [5.74, 6) is 0. The van der Waals surface area contributed by atoms with Crippen LogP contribution in [-0.2, 0) is 23.8 Å². The van der Waals surface area contributed by atoms with Crippen LogP contribution in [0.25, 0.3) is 0 Å². The van der Waals surface area contributed by atoms with E-state index < -0.39 is 16.2 Å². The molecule has 0 amide bonds. The summed E-state index contributed by atoms with van der Waals surface area (Å²) in [7, 11) is -3.53. The summed E-state index contributed by atoms with van der Waals surface area (Å²) in [6, 6.07) is 7.10. The Morgan fingerprint density at radius 1 is 1.43 bits per heavy atom. The van der Waals surface area contributed by atoms with Crippen LogP contribution in [-0.4, -0.2) is 34.2 Å². The van der Waals surface area contributed by atoms with Crippen molar-refractivity contribution in [1.82, 2.24) is 0 Å². The fraction of sp³-hybridized carbons (Fsp3) is 0.571. The smallest absolute Gasteiger partial charge is 0.264 e. The summed E-state index contributed by atoms with van der Waals surface area (Å²) in [6.07, 6.45) is 2.96. The van der Waals surface area contributed by atoms with Crippen LogP contribution in [0.5, 0.6) is 0 Å². The summed E-state index contributed by atoms with van der Waals surface area (Å²) >= 11 is 5.98. The molecule has 7 heteroatoms. The van der Waals surface area contributed by atoms with E-state index in [9.17, 15) is 8.42 Å². The van der Waals surface area contributed by atoms with Crippen LogP contribution < -0.4 is 0 Å². The SMILES string of the molecule is CS(=O)(=O)OC[C@@H](OC1CCCCO1)c1cccc(Cl)c1. The molecule has 1 aliphatic heterocycles. The Labute approximate surface area is 130 Å². The van der Waals surface area contributed by atoms with E-state index in [1.165, 1.54) is 0 Å². The third-order valence-electron chi connectivity index (χ3n) is 3.11. The van der Waals surface area contributed by atoms with E-state index in [1.54, 1.807) is 18.2 Å². The van der Waals surface area contributed by atoms with Gasteiger partial charge in [-0.3, -0.25) is 4.18 Å². The largest absolute Gasteiger partial charge is 0.353 e.